The van der Waals surface area contributed by atoms with Crippen LogP contribution in [0.2, 0.25) is 10.0 Å². The Morgan fingerprint density at radius 1 is 1.24 bits per heavy atom. The first-order valence-electron chi connectivity index (χ1n) is 7.13. The first-order valence-corrected chi connectivity index (χ1v) is 7.88. The second-order valence-corrected chi connectivity index (χ2v) is 7.45. The molecule has 0 radical (unpaired) electrons. The highest BCUT2D eigenvalue weighted by Gasteiger charge is 2.34. The fraction of sp³-hybridized carbons (Fsp3) is 0.438. The molecule has 2 N–H and O–H groups in total. The van der Waals surface area contributed by atoms with Gasteiger partial charge in [-0.05, 0) is 51.8 Å². The Morgan fingerprint density at radius 3 is 2.43 bits per heavy atom. The Kier molecular flexibility index (Phi) is 3.45. The van der Waals surface area contributed by atoms with Crippen LogP contribution in [0.15, 0.2) is 18.2 Å². The van der Waals surface area contributed by atoms with Crippen LogP contribution in [0.25, 0.3) is 11.3 Å². The second-order valence-electron chi connectivity index (χ2n) is 6.61. The molecule has 3 rings (SSSR count). The van der Waals surface area contributed by atoms with Crippen molar-refractivity contribution in [3.63, 3.8) is 0 Å². The van der Waals surface area contributed by atoms with Crippen molar-refractivity contribution in [3.05, 3.63) is 34.1 Å². The summed E-state index contributed by atoms with van der Waals surface area (Å²) >= 11 is 12.3. The first kappa shape index (κ1) is 14.7. The molecule has 1 aliphatic carbocycles. The van der Waals surface area contributed by atoms with Gasteiger partial charge in [0.05, 0.1) is 5.02 Å². The summed E-state index contributed by atoms with van der Waals surface area (Å²) in [6.45, 7) is 6.43. The summed E-state index contributed by atoms with van der Waals surface area (Å²) in [6.07, 6.45) is 2.36. The molecule has 0 aliphatic heterocycles. The Balaban J connectivity index is 2.20. The Bertz CT molecular complexity index is 694. The van der Waals surface area contributed by atoms with Crippen molar-refractivity contribution in [2.24, 2.45) is 0 Å². The number of imidazole rings is 1. The molecular weight excluding hydrogens is 305 g/mol. The van der Waals surface area contributed by atoms with Crippen LogP contribution < -0.4 is 5.73 Å². The molecule has 0 saturated heterocycles. The summed E-state index contributed by atoms with van der Waals surface area (Å²) < 4.78 is 2.14. The van der Waals surface area contributed by atoms with E-state index >= 15 is 0 Å². The molecule has 112 valence electrons. The molecule has 1 saturated carbocycles. The smallest absolute Gasteiger partial charge is 0.132 e. The van der Waals surface area contributed by atoms with Gasteiger partial charge in [-0.25, -0.2) is 4.98 Å². The minimum absolute atomic E-state index is 0.105. The van der Waals surface area contributed by atoms with Crippen molar-refractivity contribution in [2.75, 3.05) is 5.73 Å². The minimum Gasteiger partial charge on any atom is -0.383 e. The van der Waals surface area contributed by atoms with Gasteiger partial charge in [-0.15, -0.1) is 0 Å². The molecule has 1 fully saturated rings. The Morgan fingerprint density at radius 2 is 1.90 bits per heavy atom. The minimum atomic E-state index is -0.105. The fourth-order valence-corrected chi connectivity index (χ4v) is 3.15. The van der Waals surface area contributed by atoms with Crippen LogP contribution in [0.5, 0.6) is 0 Å². The molecule has 0 bridgehead atoms. The van der Waals surface area contributed by atoms with E-state index in [1.807, 2.05) is 12.1 Å². The monoisotopic (exact) mass is 323 g/mol. The maximum atomic E-state index is 6.40. The third-order valence-electron chi connectivity index (χ3n) is 3.74. The Labute approximate surface area is 135 Å². The van der Waals surface area contributed by atoms with E-state index in [0.29, 0.717) is 21.8 Å². The zero-order valence-corrected chi connectivity index (χ0v) is 14.0. The second kappa shape index (κ2) is 4.92. The van der Waals surface area contributed by atoms with E-state index in [9.17, 15) is 0 Å². The molecule has 3 nitrogen and oxygen atoms in total. The average molecular weight is 324 g/mol. The lowest BCUT2D eigenvalue weighted by Gasteiger charge is -2.25. The van der Waals surface area contributed by atoms with Crippen LogP contribution in [0.1, 0.15) is 45.4 Å². The van der Waals surface area contributed by atoms with E-state index in [1.54, 1.807) is 6.07 Å². The number of rotatable bonds is 2. The molecule has 5 heteroatoms. The van der Waals surface area contributed by atoms with Gasteiger partial charge in [0.15, 0.2) is 0 Å². The predicted octanol–water partition coefficient (Wildman–Crippen LogP) is 5.07. The van der Waals surface area contributed by atoms with Gasteiger partial charge < -0.3 is 10.3 Å². The highest BCUT2D eigenvalue weighted by molar-refractivity contribution is 6.36. The molecule has 0 spiro atoms. The van der Waals surface area contributed by atoms with Gasteiger partial charge in [0.2, 0.25) is 0 Å². The summed E-state index contributed by atoms with van der Waals surface area (Å²) in [5.74, 6) is 2.26. The van der Waals surface area contributed by atoms with Crippen molar-refractivity contribution in [2.45, 2.75) is 45.1 Å². The number of anilines is 1. The van der Waals surface area contributed by atoms with E-state index < -0.39 is 0 Å². The number of halogens is 2. The SMILES string of the molecule is CC(C)(C)n1c(C2CC2)nc(-c2ccc(Cl)cc2Cl)c1N. The van der Waals surface area contributed by atoms with Gasteiger partial charge in [0, 0.05) is 22.0 Å². The van der Waals surface area contributed by atoms with Crippen LogP contribution in [0.3, 0.4) is 0 Å². The van der Waals surface area contributed by atoms with Gasteiger partial charge in [0.25, 0.3) is 0 Å². The van der Waals surface area contributed by atoms with E-state index in [4.69, 9.17) is 33.9 Å². The first-order chi connectivity index (χ1) is 9.79. The standard InChI is InChI=1S/C16H19Cl2N3/c1-16(2,3)21-14(19)13(20-15(21)9-4-5-9)11-7-6-10(17)8-12(11)18/h6-9H,4-5,19H2,1-3H3. The van der Waals surface area contributed by atoms with Crippen molar-refractivity contribution in [3.8, 4) is 11.3 Å². The largest absolute Gasteiger partial charge is 0.383 e. The topological polar surface area (TPSA) is 43.8 Å². The normalized spacial score (nSPS) is 15.5. The lowest BCUT2D eigenvalue weighted by molar-refractivity contribution is 0.388. The van der Waals surface area contributed by atoms with Gasteiger partial charge in [0.1, 0.15) is 17.3 Å². The summed E-state index contributed by atoms with van der Waals surface area (Å²) in [5, 5.41) is 1.19. The fourth-order valence-electron chi connectivity index (χ4n) is 2.65. The third kappa shape index (κ3) is 2.65. The number of nitrogen functional groups attached to an aromatic ring is 1. The number of hydrogen-bond acceptors (Lipinski definition) is 2. The van der Waals surface area contributed by atoms with Crippen LogP contribution in [-0.2, 0) is 5.54 Å². The van der Waals surface area contributed by atoms with Crippen LogP contribution in [0.4, 0.5) is 5.82 Å². The van der Waals surface area contributed by atoms with Crippen LogP contribution >= 0.6 is 23.2 Å². The average Bonchev–Trinajstić information content (AvgIpc) is 3.13. The van der Waals surface area contributed by atoms with Gasteiger partial charge in [-0.1, -0.05) is 23.2 Å². The number of hydrogen-bond donors (Lipinski definition) is 1. The summed E-state index contributed by atoms with van der Waals surface area (Å²) in [7, 11) is 0. The quantitative estimate of drug-likeness (QED) is 0.838. The molecule has 1 aromatic carbocycles. The van der Waals surface area contributed by atoms with Gasteiger partial charge in [-0.2, -0.15) is 0 Å². The Hall–Kier alpha value is -1.19. The number of benzene rings is 1. The predicted molar refractivity (Wildman–Crippen MR) is 89.1 cm³/mol. The molecule has 1 heterocycles. The van der Waals surface area contributed by atoms with Crippen molar-refractivity contribution < 1.29 is 0 Å². The van der Waals surface area contributed by atoms with Crippen molar-refractivity contribution in [1.82, 2.24) is 9.55 Å². The third-order valence-corrected chi connectivity index (χ3v) is 4.29. The summed E-state index contributed by atoms with van der Waals surface area (Å²) in [6, 6.07) is 5.42. The lowest BCUT2D eigenvalue weighted by atomic mass is 10.1. The highest BCUT2D eigenvalue weighted by Crippen LogP contribution is 2.45. The van der Waals surface area contributed by atoms with E-state index in [0.717, 1.165) is 17.1 Å². The van der Waals surface area contributed by atoms with E-state index in [-0.39, 0.29) is 5.54 Å². The molecule has 2 aromatic rings. The van der Waals surface area contributed by atoms with Crippen molar-refractivity contribution in [1.29, 1.82) is 0 Å². The van der Waals surface area contributed by atoms with E-state index in [1.165, 1.54) is 12.8 Å². The maximum Gasteiger partial charge on any atom is 0.132 e. The van der Waals surface area contributed by atoms with E-state index in [2.05, 4.69) is 25.3 Å². The number of aromatic nitrogens is 2. The lowest BCUT2D eigenvalue weighted by Crippen LogP contribution is -2.25. The number of nitrogens with zero attached hydrogens (tertiary/aromatic N) is 2. The van der Waals surface area contributed by atoms with Crippen LogP contribution in [0, 0.1) is 0 Å². The zero-order chi connectivity index (χ0) is 15.4. The molecular formula is C16H19Cl2N3. The van der Waals surface area contributed by atoms with Gasteiger partial charge in [-0.3, -0.25) is 0 Å². The summed E-state index contributed by atoms with van der Waals surface area (Å²) in [4.78, 5) is 4.81. The molecule has 1 aliphatic rings. The molecule has 0 amide bonds. The highest BCUT2D eigenvalue weighted by atomic mass is 35.5. The van der Waals surface area contributed by atoms with Crippen molar-refractivity contribution >= 4 is 29.0 Å². The molecule has 21 heavy (non-hydrogen) atoms. The van der Waals surface area contributed by atoms with Gasteiger partial charge >= 0.3 is 0 Å². The summed E-state index contributed by atoms with van der Waals surface area (Å²) in [5.41, 5.74) is 7.89. The molecule has 1 aromatic heterocycles. The number of nitrogens with two attached hydrogens (primary N) is 1. The molecule has 0 unspecified atom stereocenters. The molecule has 0 atom stereocenters. The van der Waals surface area contributed by atoms with Crippen LogP contribution in [-0.4, -0.2) is 9.55 Å². The maximum absolute atomic E-state index is 6.40. The zero-order valence-electron chi connectivity index (χ0n) is 12.5.